The van der Waals surface area contributed by atoms with Crippen LogP contribution in [0, 0.1) is 0 Å². The van der Waals surface area contributed by atoms with Gasteiger partial charge in [-0.25, -0.2) is 0 Å². The van der Waals surface area contributed by atoms with Crippen LogP contribution in [-0.4, -0.2) is 50.2 Å². The molecule has 1 amide bonds. The van der Waals surface area contributed by atoms with Gasteiger partial charge >= 0.3 is 5.97 Å². The first-order valence-corrected chi connectivity index (χ1v) is 5.38. The van der Waals surface area contributed by atoms with Gasteiger partial charge in [-0.3, -0.25) is 9.59 Å². The van der Waals surface area contributed by atoms with E-state index in [4.69, 9.17) is 4.74 Å². The van der Waals surface area contributed by atoms with E-state index in [0.29, 0.717) is 19.4 Å². The van der Waals surface area contributed by atoms with Crippen LogP contribution in [0.15, 0.2) is 0 Å². The third-order valence-corrected chi connectivity index (χ3v) is 2.21. The van der Waals surface area contributed by atoms with Crippen molar-refractivity contribution in [3.63, 3.8) is 0 Å². The molecule has 0 aromatic heterocycles. The van der Waals surface area contributed by atoms with E-state index in [-0.39, 0.29) is 18.5 Å². The molecule has 0 saturated carbocycles. The SMILES string of the molecule is COCCCC(=O)N(CC(=O)OC)C(C)C. The molecule has 5 heteroatoms. The molecule has 16 heavy (non-hydrogen) atoms. The van der Waals surface area contributed by atoms with Crippen LogP contribution in [0.5, 0.6) is 0 Å². The van der Waals surface area contributed by atoms with Crippen molar-refractivity contribution in [1.82, 2.24) is 4.90 Å². The van der Waals surface area contributed by atoms with Gasteiger partial charge in [0.05, 0.1) is 7.11 Å². The number of hydrogen-bond acceptors (Lipinski definition) is 4. The normalized spacial score (nSPS) is 10.3. The highest BCUT2D eigenvalue weighted by Gasteiger charge is 2.19. The van der Waals surface area contributed by atoms with Crippen molar-refractivity contribution in [2.24, 2.45) is 0 Å². The predicted molar refractivity (Wildman–Crippen MR) is 60.0 cm³/mol. The lowest BCUT2D eigenvalue weighted by Gasteiger charge is -2.25. The van der Waals surface area contributed by atoms with Crippen LogP contribution in [0.3, 0.4) is 0 Å². The molecular weight excluding hydrogens is 210 g/mol. The molecule has 0 spiro atoms. The molecular formula is C11H21NO4. The molecule has 5 nitrogen and oxygen atoms in total. The first kappa shape index (κ1) is 14.9. The molecule has 0 atom stereocenters. The van der Waals surface area contributed by atoms with Crippen LogP contribution in [0.4, 0.5) is 0 Å². The molecule has 0 rings (SSSR count). The van der Waals surface area contributed by atoms with Crippen LogP contribution in [0.25, 0.3) is 0 Å². The first-order valence-electron chi connectivity index (χ1n) is 5.38. The van der Waals surface area contributed by atoms with Crippen molar-refractivity contribution < 1.29 is 19.1 Å². The van der Waals surface area contributed by atoms with Crippen LogP contribution in [0.2, 0.25) is 0 Å². The second-order valence-electron chi connectivity index (χ2n) is 3.79. The third-order valence-electron chi connectivity index (χ3n) is 2.21. The highest BCUT2D eigenvalue weighted by Crippen LogP contribution is 2.04. The van der Waals surface area contributed by atoms with Crippen LogP contribution < -0.4 is 0 Å². The lowest BCUT2D eigenvalue weighted by atomic mass is 10.2. The maximum atomic E-state index is 11.8. The maximum absolute atomic E-state index is 11.8. The van der Waals surface area contributed by atoms with Crippen molar-refractivity contribution in [3.8, 4) is 0 Å². The van der Waals surface area contributed by atoms with Gasteiger partial charge in [0, 0.05) is 26.2 Å². The summed E-state index contributed by atoms with van der Waals surface area (Å²) >= 11 is 0. The Morgan fingerprint density at radius 3 is 2.31 bits per heavy atom. The van der Waals surface area contributed by atoms with E-state index in [1.165, 1.54) is 12.0 Å². The highest BCUT2D eigenvalue weighted by molar-refractivity contribution is 5.82. The Morgan fingerprint density at radius 2 is 1.88 bits per heavy atom. The Morgan fingerprint density at radius 1 is 1.25 bits per heavy atom. The average Bonchev–Trinajstić information content (AvgIpc) is 2.25. The number of carbonyl (C=O) groups excluding carboxylic acids is 2. The minimum atomic E-state index is -0.395. The molecule has 0 aromatic rings. The van der Waals surface area contributed by atoms with Gasteiger partial charge in [-0.15, -0.1) is 0 Å². The Kier molecular flexibility index (Phi) is 7.54. The summed E-state index contributed by atoms with van der Waals surface area (Å²) in [7, 11) is 2.91. The molecule has 0 heterocycles. The lowest BCUT2D eigenvalue weighted by molar-refractivity contribution is -0.148. The van der Waals surface area contributed by atoms with Gasteiger partial charge in [0.1, 0.15) is 6.54 Å². The number of methoxy groups -OCH3 is 2. The van der Waals surface area contributed by atoms with Crippen LogP contribution in [0.1, 0.15) is 26.7 Å². The average molecular weight is 231 g/mol. The zero-order valence-electron chi connectivity index (χ0n) is 10.5. The molecule has 0 saturated heterocycles. The lowest BCUT2D eigenvalue weighted by Crippen LogP contribution is -2.41. The zero-order valence-corrected chi connectivity index (χ0v) is 10.5. The smallest absolute Gasteiger partial charge is 0.325 e. The molecule has 0 bridgehead atoms. The molecule has 0 fully saturated rings. The standard InChI is InChI=1S/C11H21NO4/c1-9(2)12(8-11(14)16-4)10(13)6-5-7-15-3/h9H,5-8H2,1-4H3. The summed E-state index contributed by atoms with van der Waals surface area (Å²) in [5.41, 5.74) is 0. The maximum Gasteiger partial charge on any atom is 0.325 e. The number of esters is 1. The number of nitrogens with zero attached hydrogens (tertiary/aromatic N) is 1. The highest BCUT2D eigenvalue weighted by atomic mass is 16.5. The molecule has 0 N–H and O–H groups in total. The Labute approximate surface area is 96.7 Å². The number of rotatable bonds is 7. The number of ether oxygens (including phenoxy) is 2. The van der Waals surface area contributed by atoms with E-state index in [0.717, 1.165) is 0 Å². The summed E-state index contributed by atoms with van der Waals surface area (Å²) in [6.07, 6.45) is 1.06. The number of carbonyl (C=O) groups is 2. The van der Waals surface area contributed by atoms with Gasteiger partial charge in [0.15, 0.2) is 0 Å². The fourth-order valence-corrected chi connectivity index (χ4v) is 1.27. The molecule has 0 radical (unpaired) electrons. The van der Waals surface area contributed by atoms with Crippen molar-refractivity contribution in [3.05, 3.63) is 0 Å². The second kappa shape index (κ2) is 8.10. The van der Waals surface area contributed by atoms with Crippen LogP contribution in [-0.2, 0) is 19.1 Å². The van der Waals surface area contributed by atoms with Gasteiger partial charge in [-0.2, -0.15) is 0 Å². The Balaban J connectivity index is 4.19. The fourth-order valence-electron chi connectivity index (χ4n) is 1.27. The summed E-state index contributed by atoms with van der Waals surface area (Å²) in [4.78, 5) is 24.4. The van der Waals surface area contributed by atoms with Crippen molar-refractivity contribution in [1.29, 1.82) is 0 Å². The van der Waals surface area contributed by atoms with Gasteiger partial charge < -0.3 is 14.4 Å². The van der Waals surface area contributed by atoms with E-state index in [1.54, 1.807) is 7.11 Å². The van der Waals surface area contributed by atoms with Gasteiger partial charge in [-0.05, 0) is 20.3 Å². The largest absolute Gasteiger partial charge is 0.468 e. The minimum Gasteiger partial charge on any atom is -0.468 e. The summed E-state index contributed by atoms with van der Waals surface area (Å²) < 4.78 is 9.42. The summed E-state index contributed by atoms with van der Waals surface area (Å²) in [5, 5.41) is 0. The van der Waals surface area contributed by atoms with Gasteiger partial charge in [0.25, 0.3) is 0 Å². The van der Waals surface area contributed by atoms with Gasteiger partial charge in [0.2, 0.25) is 5.91 Å². The van der Waals surface area contributed by atoms with Crippen LogP contribution >= 0.6 is 0 Å². The van der Waals surface area contributed by atoms with Crippen molar-refractivity contribution >= 4 is 11.9 Å². The second-order valence-corrected chi connectivity index (χ2v) is 3.79. The Hall–Kier alpha value is -1.10. The predicted octanol–water partition coefficient (Wildman–Crippen LogP) is 0.823. The van der Waals surface area contributed by atoms with E-state index in [1.807, 2.05) is 13.8 Å². The van der Waals surface area contributed by atoms with E-state index < -0.39 is 5.97 Å². The molecule has 94 valence electrons. The third kappa shape index (κ3) is 5.70. The summed E-state index contributed by atoms with van der Waals surface area (Å²) in [6.45, 7) is 4.31. The Bertz CT molecular complexity index is 228. The molecule has 0 unspecified atom stereocenters. The molecule has 0 aromatic carbocycles. The quantitative estimate of drug-likeness (QED) is 0.481. The monoisotopic (exact) mass is 231 g/mol. The summed E-state index contributed by atoms with van der Waals surface area (Å²) in [6, 6.07) is -0.00542. The van der Waals surface area contributed by atoms with E-state index in [9.17, 15) is 9.59 Å². The minimum absolute atomic E-state index is 0.00542. The van der Waals surface area contributed by atoms with Crippen molar-refractivity contribution in [2.45, 2.75) is 32.7 Å². The number of hydrogen-bond donors (Lipinski definition) is 0. The molecule has 0 aliphatic rings. The van der Waals surface area contributed by atoms with Gasteiger partial charge in [-0.1, -0.05) is 0 Å². The fraction of sp³-hybridized carbons (Fsp3) is 0.818. The van der Waals surface area contributed by atoms with Crippen molar-refractivity contribution in [2.75, 3.05) is 27.4 Å². The molecule has 0 aliphatic carbocycles. The van der Waals surface area contributed by atoms with E-state index in [2.05, 4.69) is 4.74 Å². The first-order chi connectivity index (χ1) is 7.52. The topological polar surface area (TPSA) is 55.8 Å². The zero-order chi connectivity index (χ0) is 12.6. The number of amides is 1. The van der Waals surface area contributed by atoms with E-state index >= 15 is 0 Å². The molecule has 0 aliphatic heterocycles. The summed E-state index contributed by atoms with van der Waals surface area (Å²) in [5.74, 6) is -0.439.